The van der Waals surface area contributed by atoms with Crippen LogP contribution in [0.5, 0.6) is 0 Å². The van der Waals surface area contributed by atoms with E-state index in [2.05, 4.69) is 38.7 Å². The van der Waals surface area contributed by atoms with Crippen LogP contribution in [0.15, 0.2) is 0 Å². The summed E-state index contributed by atoms with van der Waals surface area (Å²) in [6.45, 7) is 21.6. The van der Waals surface area contributed by atoms with E-state index in [1.807, 2.05) is 41.5 Å². The molecular formula is C25H58N2O4S. The summed E-state index contributed by atoms with van der Waals surface area (Å²) >= 11 is 0. The standard InChI is InChI=1S/C10H21NO.C10H22O2S.2C2H6.CH3NO/c1-4-7-10(12)11-8-9(5-2)6-3;1-4-10(5-2,9-11)7-8-13(12)6-3;2*1-2;2-1-3/h9H,4-8H2,1-3H3,(H,11,12);11H,4-9H2,1-3H3;2*1-2H3;1H,(H2,2,3). The van der Waals surface area contributed by atoms with Gasteiger partial charge in [-0.2, -0.15) is 0 Å². The lowest BCUT2D eigenvalue weighted by Crippen LogP contribution is -2.28. The number of carbonyl (C=O) groups excluding carboxylic acids is 2. The van der Waals surface area contributed by atoms with E-state index in [-0.39, 0.29) is 24.3 Å². The summed E-state index contributed by atoms with van der Waals surface area (Å²) in [4.78, 5) is 19.7. The minimum Gasteiger partial charge on any atom is -0.396 e. The SMILES string of the molecule is CC.CC.CCCC(=O)NCC(CC)CC.CCS(=O)CCC(CC)(CC)CO.NC=O. The van der Waals surface area contributed by atoms with Gasteiger partial charge in [0.2, 0.25) is 12.3 Å². The molecule has 0 aliphatic heterocycles. The summed E-state index contributed by atoms with van der Waals surface area (Å²) < 4.78 is 11.2. The molecule has 0 aliphatic rings. The smallest absolute Gasteiger partial charge is 0.219 e. The van der Waals surface area contributed by atoms with Gasteiger partial charge in [0.1, 0.15) is 0 Å². The van der Waals surface area contributed by atoms with Gasteiger partial charge in [0.05, 0.1) is 0 Å². The van der Waals surface area contributed by atoms with Crippen LogP contribution in [0.3, 0.4) is 0 Å². The van der Waals surface area contributed by atoms with Crippen molar-refractivity contribution < 1.29 is 18.9 Å². The van der Waals surface area contributed by atoms with Crippen LogP contribution in [0.1, 0.15) is 114 Å². The van der Waals surface area contributed by atoms with Crippen LogP contribution < -0.4 is 11.1 Å². The van der Waals surface area contributed by atoms with Gasteiger partial charge in [0, 0.05) is 41.9 Å². The van der Waals surface area contributed by atoms with Crippen molar-refractivity contribution in [1.29, 1.82) is 0 Å². The molecule has 0 fully saturated rings. The van der Waals surface area contributed by atoms with E-state index in [1.165, 1.54) is 0 Å². The third-order valence-electron chi connectivity index (χ3n) is 5.24. The maximum absolute atomic E-state index is 11.2. The molecule has 0 heterocycles. The van der Waals surface area contributed by atoms with E-state index < -0.39 is 10.8 Å². The molecule has 1 unspecified atom stereocenters. The molecule has 7 heteroatoms. The first-order valence-corrected chi connectivity index (χ1v) is 14.2. The van der Waals surface area contributed by atoms with Crippen LogP contribution in [0.2, 0.25) is 0 Å². The van der Waals surface area contributed by atoms with E-state index in [1.54, 1.807) is 0 Å². The number of aliphatic hydroxyl groups is 1. The number of aliphatic hydroxyl groups excluding tert-OH is 1. The van der Waals surface area contributed by atoms with E-state index >= 15 is 0 Å². The first-order chi connectivity index (χ1) is 15.3. The largest absolute Gasteiger partial charge is 0.396 e. The summed E-state index contributed by atoms with van der Waals surface area (Å²) in [5.41, 5.74) is 4.19. The van der Waals surface area contributed by atoms with Gasteiger partial charge in [-0.1, -0.05) is 82.1 Å². The molecule has 0 aromatic carbocycles. The normalized spacial score (nSPS) is 10.5. The average Bonchev–Trinajstić information content (AvgIpc) is 2.84. The molecular weight excluding hydrogens is 424 g/mol. The topological polar surface area (TPSA) is 109 Å². The highest BCUT2D eigenvalue weighted by atomic mass is 32.2. The van der Waals surface area contributed by atoms with Crippen molar-refractivity contribution in [2.24, 2.45) is 17.1 Å². The summed E-state index contributed by atoms with van der Waals surface area (Å²) in [6, 6.07) is 0. The molecule has 0 saturated carbocycles. The van der Waals surface area contributed by atoms with Gasteiger partial charge in [0.25, 0.3) is 0 Å². The second-order valence-electron chi connectivity index (χ2n) is 6.92. The third kappa shape index (κ3) is 29.1. The maximum atomic E-state index is 11.2. The molecule has 2 amide bonds. The van der Waals surface area contributed by atoms with E-state index in [9.17, 15) is 14.1 Å². The lowest BCUT2D eigenvalue weighted by molar-refractivity contribution is -0.121. The first kappa shape index (κ1) is 41.3. The molecule has 0 radical (unpaired) electrons. The fourth-order valence-corrected chi connectivity index (χ4v) is 3.48. The quantitative estimate of drug-likeness (QED) is 0.304. The number of nitrogens with one attached hydrogen (secondary N) is 1. The Hall–Kier alpha value is -0.950. The van der Waals surface area contributed by atoms with Crippen molar-refractivity contribution in [3.63, 3.8) is 0 Å². The Kier molecular flexibility index (Phi) is 44.7. The second kappa shape index (κ2) is 34.7. The summed E-state index contributed by atoms with van der Waals surface area (Å²) in [5.74, 6) is 2.32. The molecule has 0 aromatic rings. The van der Waals surface area contributed by atoms with Gasteiger partial charge in [0.15, 0.2) is 0 Å². The van der Waals surface area contributed by atoms with Crippen LogP contribution >= 0.6 is 0 Å². The molecule has 32 heavy (non-hydrogen) atoms. The fourth-order valence-electron chi connectivity index (χ4n) is 2.53. The van der Waals surface area contributed by atoms with Gasteiger partial charge in [-0.3, -0.25) is 13.8 Å². The van der Waals surface area contributed by atoms with Crippen molar-refractivity contribution in [3.05, 3.63) is 0 Å². The van der Waals surface area contributed by atoms with Gasteiger partial charge >= 0.3 is 0 Å². The van der Waals surface area contributed by atoms with Gasteiger partial charge in [-0.15, -0.1) is 0 Å². The number of hydrogen-bond donors (Lipinski definition) is 3. The zero-order valence-corrected chi connectivity index (χ0v) is 23.9. The average molecular weight is 483 g/mol. The Morgan fingerprint density at radius 3 is 1.75 bits per heavy atom. The fraction of sp³-hybridized carbons (Fsp3) is 0.920. The lowest BCUT2D eigenvalue weighted by atomic mass is 9.81. The van der Waals surface area contributed by atoms with E-state index in [0.717, 1.165) is 56.6 Å². The number of amides is 2. The highest BCUT2D eigenvalue weighted by Crippen LogP contribution is 2.29. The second-order valence-corrected chi connectivity index (χ2v) is 8.79. The number of primary amides is 1. The zero-order valence-electron chi connectivity index (χ0n) is 23.1. The number of rotatable bonds is 13. The zero-order chi connectivity index (χ0) is 26.4. The Balaban J connectivity index is -0.000000119. The van der Waals surface area contributed by atoms with Crippen molar-refractivity contribution in [3.8, 4) is 0 Å². The highest BCUT2D eigenvalue weighted by molar-refractivity contribution is 7.84. The molecule has 0 aromatic heterocycles. The molecule has 0 spiro atoms. The van der Waals surface area contributed by atoms with E-state index in [0.29, 0.717) is 12.3 Å². The Morgan fingerprint density at radius 2 is 1.47 bits per heavy atom. The number of hydrogen-bond acceptors (Lipinski definition) is 4. The van der Waals surface area contributed by atoms with Gasteiger partial charge in [-0.25, -0.2) is 0 Å². The van der Waals surface area contributed by atoms with Crippen LogP contribution in [0.4, 0.5) is 0 Å². The van der Waals surface area contributed by atoms with Crippen LogP contribution in [0.25, 0.3) is 0 Å². The minimum atomic E-state index is -0.689. The van der Waals surface area contributed by atoms with E-state index in [4.69, 9.17) is 4.79 Å². The predicted molar refractivity (Wildman–Crippen MR) is 143 cm³/mol. The maximum Gasteiger partial charge on any atom is 0.219 e. The Morgan fingerprint density at radius 1 is 1.03 bits per heavy atom. The highest BCUT2D eigenvalue weighted by Gasteiger charge is 2.25. The number of nitrogens with two attached hydrogens (primary N) is 1. The molecule has 0 bridgehead atoms. The molecule has 1 atom stereocenters. The molecule has 198 valence electrons. The molecule has 0 aliphatic carbocycles. The van der Waals surface area contributed by atoms with Crippen LogP contribution in [-0.2, 0) is 20.4 Å². The molecule has 0 rings (SSSR count). The lowest BCUT2D eigenvalue weighted by Gasteiger charge is -2.28. The van der Waals surface area contributed by atoms with Crippen molar-refractivity contribution >= 4 is 23.1 Å². The van der Waals surface area contributed by atoms with Crippen molar-refractivity contribution in [1.82, 2.24) is 5.32 Å². The molecule has 4 N–H and O–H groups in total. The van der Waals surface area contributed by atoms with Crippen molar-refractivity contribution in [2.75, 3.05) is 24.7 Å². The monoisotopic (exact) mass is 482 g/mol. The predicted octanol–water partition coefficient (Wildman–Crippen LogP) is 5.44. The summed E-state index contributed by atoms with van der Waals surface area (Å²) in [6.07, 6.45) is 7.00. The summed E-state index contributed by atoms with van der Waals surface area (Å²) in [5, 5.41) is 12.2. The van der Waals surface area contributed by atoms with Gasteiger partial charge < -0.3 is 16.2 Å². The summed E-state index contributed by atoms with van der Waals surface area (Å²) in [7, 11) is -0.689. The third-order valence-corrected chi connectivity index (χ3v) is 6.54. The Labute approximate surface area is 203 Å². The number of carbonyl (C=O) groups is 2. The first-order valence-electron chi connectivity index (χ1n) is 12.7. The molecule has 6 nitrogen and oxygen atoms in total. The van der Waals surface area contributed by atoms with Crippen LogP contribution in [0, 0.1) is 11.3 Å². The van der Waals surface area contributed by atoms with Crippen LogP contribution in [-0.4, -0.2) is 46.3 Å². The minimum absolute atomic E-state index is 0.0187. The molecule has 0 saturated heterocycles. The van der Waals surface area contributed by atoms with Crippen molar-refractivity contribution in [2.45, 2.75) is 114 Å². The Bertz CT molecular complexity index is 378. The van der Waals surface area contributed by atoms with Gasteiger partial charge in [-0.05, 0) is 37.0 Å².